The number of carbonyl (C=O) groups excluding carboxylic acids is 1. The van der Waals surface area contributed by atoms with E-state index in [0.717, 1.165) is 31.7 Å². The van der Waals surface area contributed by atoms with Crippen LogP contribution in [-0.2, 0) is 18.4 Å². The first-order valence-corrected chi connectivity index (χ1v) is 7.71. The first-order valence-electron chi connectivity index (χ1n) is 7.71. The molecule has 0 spiro atoms. The number of carbonyl (C=O) groups is 1. The number of hydrogen-bond donors (Lipinski definition) is 1. The SMILES string of the molecule is Cn1nccc1C1CCN(CC(=O)NCc2ccco2)CC1. The fraction of sp³-hybridized carbons (Fsp3) is 0.500. The van der Waals surface area contributed by atoms with Gasteiger partial charge >= 0.3 is 0 Å². The van der Waals surface area contributed by atoms with Crippen LogP contribution in [0.25, 0.3) is 0 Å². The van der Waals surface area contributed by atoms with Crippen LogP contribution in [0, 0.1) is 0 Å². The van der Waals surface area contributed by atoms with Crippen molar-refractivity contribution in [1.29, 1.82) is 0 Å². The summed E-state index contributed by atoms with van der Waals surface area (Å²) in [6.45, 7) is 2.81. The van der Waals surface area contributed by atoms with Gasteiger partial charge in [-0.1, -0.05) is 0 Å². The molecule has 3 rings (SSSR count). The van der Waals surface area contributed by atoms with Crippen LogP contribution in [0.1, 0.15) is 30.2 Å². The number of hydrogen-bond acceptors (Lipinski definition) is 4. The Hall–Kier alpha value is -2.08. The molecular formula is C16H22N4O2. The van der Waals surface area contributed by atoms with Gasteiger partial charge in [-0.15, -0.1) is 0 Å². The monoisotopic (exact) mass is 302 g/mol. The predicted octanol–water partition coefficient (Wildman–Crippen LogP) is 1.51. The van der Waals surface area contributed by atoms with Crippen LogP contribution >= 0.6 is 0 Å². The summed E-state index contributed by atoms with van der Waals surface area (Å²) in [6.07, 6.45) is 5.62. The normalized spacial score (nSPS) is 16.8. The average Bonchev–Trinajstić information content (AvgIpc) is 3.17. The molecule has 22 heavy (non-hydrogen) atoms. The Morgan fingerprint density at radius 1 is 1.41 bits per heavy atom. The van der Waals surface area contributed by atoms with Gasteiger partial charge in [-0.05, 0) is 44.1 Å². The second kappa shape index (κ2) is 6.79. The van der Waals surface area contributed by atoms with Crippen molar-refractivity contribution in [3.63, 3.8) is 0 Å². The van der Waals surface area contributed by atoms with E-state index in [-0.39, 0.29) is 5.91 Å². The first kappa shape index (κ1) is 14.8. The van der Waals surface area contributed by atoms with Gasteiger partial charge in [-0.3, -0.25) is 14.4 Å². The Morgan fingerprint density at radius 2 is 2.23 bits per heavy atom. The summed E-state index contributed by atoms with van der Waals surface area (Å²) in [5.41, 5.74) is 1.29. The number of amides is 1. The summed E-state index contributed by atoms with van der Waals surface area (Å²) < 4.78 is 7.16. The molecule has 1 aliphatic heterocycles. The van der Waals surface area contributed by atoms with Gasteiger partial charge in [0.05, 0.1) is 19.4 Å². The topological polar surface area (TPSA) is 63.3 Å². The highest BCUT2D eigenvalue weighted by molar-refractivity contribution is 5.77. The molecular weight excluding hydrogens is 280 g/mol. The van der Waals surface area contributed by atoms with E-state index in [0.29, 0.717) is 19.0 Å². The summed E-state index contributed by atoms with van der Waals surface area (Å²) in [5.74, 6) is 1.38. The van der Waals surface area contributed by atoms with Gasteiger partial charge in [0.15, 0.2) is 0 Å². The molecule has 1 saturated heterocycles. The van der Waals surface area contributed by atoms with Crippen molar-refractivity contribution in [2.24, 2.45) is 7.05 Å². The maximum atomic E-state index is 12.0. The number of furan rings is 1. The second-order valence-electron chi connectivity index (χ2n) is 5.79. The van der Waals surface area contributed by atoms with Gasteiger partial charge in [-0.25, -0.2) is 0 Å². The van der Waals surface area contributed by atoms with E-state index in [1.165, 1.54) is 5.69 Å². The summed E-state index contributed by atoms with van der Waals surface area (Å²) in [4.78, 5) is 14.2. The molecule has 0 bridgehead atoms. The largest absolute Gasteiger partial charge is 0.467 e. The summed E-state index contributed by atoms with van der Waals surface area (Å²) in [5, 5.41) is 7.13. The van der Waals surface area contributed by atoms with Gasteiger partial charge in [0, 0.05) is 24.9 Å². The number of nitrogens with one attached hydrogen (secondary N) is 1. The van der Waals surface area contributed by atoms with Crippen LogP contribution in [0.5, 0.6) is 0 Å². The number of rotatable bonds is 5. The lowest BCUT2D eigenvalue weighted by Gasteiger charge is -2.31. The molecule has 0 unspecified atom stereocenters. The lowest BCUT2D eigenvalue weighted by atomic mass is 9.93. The van der Waals surface area contributed by atoms with Gasteiger partial charge in [0.2, 0.25) is 5.91 Å². The van der Waals surface area contributed by atoms with E-state index < -0.39 is 0 Å². The number of nitrogens with zero attached hydrogens (tertiary/aromatic N) is 3. The average molecular weight is 302 g/mol. The van der Waals surface area contributed by atoms with E-state index in [1.807, 2.05) is 30.1 Å². The zero-order chi connectivity index (χ0) is 15.4. The lowest BCUT2D eigenvalue weighted by molar-refractivity contribution is -0.122. The van der Waals surface area contributed by atoms with Crippen molar-refractivity contribution < 1.29 is 9.21 Å². The molecule has 0 atom stereocenters. The Morgan fingerprint density at radius 3 is 2.86 bits per heavy atom. The van der Waals surface area contributed by atoms with Crippen molar-refractivity contribution in [1.82, 2.24) is 20.0 Å². The van der Waals surface area contributed by atoms with Crippen LogP contribution in [0.15, 0.2) is 35.1 Å². The maximum absolute atomic E-state index is 12.0. The van der Waals surface area contributed by atoms with Crippen LogP contribution in [0.2, 0.25) is 0 Å². The molecule has 6 nitrogen and oxygen atoms in total. The van der Waals surface area contributed by atoms with Crippen LogP contribution in [0.3, 0.4) is 0 Å². The van der Waals surface area contributed by atoms with Crippen molar-refractivity contribution in [2.75, 3.05) is 19.6 Å². The summed E-state index contributed by atoms with van der Waals surface area (Å²) in [7, 11) is 1.99. The molecule has 1 N–H and O–H groups in total. The van der Waals surface area contributed by atoms with Gasteiger partial charge in [0.1, 0.15) is 5.76 Å². The molecule has 3 heterocycles. The minimum absolute atomic E-state index is 0.0513. The quantitative estimate of drug-likeness (QED) is 0.909. The molecule has 2 aromatic rings. The first-order chi connectivity index (χ1) is 10.7. The molecule has 0 radical (unpaired) electrons. The highest BCUT2D eigenvalue weighted by Crippen LogP contribution is 2.27. The minimum Gasteiger partial charge on any atom is -0.467 e. The fourth-order valence-electron chi connectivity index (χ4n) is 3.03. The van der Waals surface area contributed by atoms with Gasteiger partial charge < -0.3 is 9.73 Å². The Labute approximate surface area is 130 Å². The molecule has 2 aromatic heterocycles. The van der Waals surface area contributed by atoms with Gasteiger partial charge in [0.25, 0.3) is 0 Å². The minimum atomic E-state index is 0.0513. The fourth-order valence-corrected chi connectivity index (χ4v) is 3.03. The van der Waals surface area contributed by atoms with E-state index in [4.69, 9.17) is 4.42 Å². The van der Waals surface area contributed by atoms with Crippen LogP contribution in [-0.4, -0.2) is 40.2 Å². The third-order valence-corrected chi connectivity index (χ3v) is 4.27. The number of likely N-dealkylation sites (tertiary alicyclic amines) is 1. The van der Waals surface area contributed by atoms with Crippen molar-refractivity contribution in [2.45, 2.75) is 25.3 Å². The van der Waals surface area contributed by atoms with Crippen LogP contribution in [0.4, 0.5) is 0 Å². The second-order valence-corrected chi connectivity index (χ2v) is 5.79. The molecule has 1 aliphatic rings. The Bertz CT molecular complexity index is 597. The molecule has 0 aliphatic carbocycles. The van der Waals surface area contributed by atoms with Gasteiger partial charge in [-0.2, -0.15) is 5.10 Å². The maximum Gasteiger partial charge on any atom is 0.234 e. The number of aromatic nitrogens is 2. The molecule has 0 aromatic carbocycles. The molecule has 0 saturated carbocycles. The lowest BCUT2D eigenvalue weighted by Crippen LogP contribution is -2.41. The van der Waals surface area contributed by atoms with Crippen molar-refractivity contribution >= 4 is 5.91 Å². The van der Waals surface area contributed by atoms with Crippen molar-refractivity contribution in [3.05, 3.63) is 42.1 Å². The zero-order valence-corrected chi connectivity index (χ0v) is 12.9. The summed E-state index contributed by atoms with van der Waals surface area (Å²) >= 11 is 0. The molecule has 1 fully saturated rings. The molecule has 6 heteroatoms. The third-order valence-electron chi connectivity index (χ3n) is 4.27. The third kappa shape index (κ3) is 3.57. The predicted molar refractivity (Wildman–Crippen MR) is 82.2 cm³/mol. The summed E-state index contributed by atoms with van der Waals surface area (Å²) in [6, 6.07) is 5.78. The molecule has 1 amide bonds. The van der Waals surface area contributed by atoms with Crippen LogP contribution < -0.4 is 5.32 Å². The number of piperidine rings is 1. The zero-order valence-electron chi connectivity index (χ0n) is 12.9. The van der Waals surface area contributed by atoms with E-state index >= 15 is 0 Å². The Kier molecular flexibility index (Phi) is 4.58. The Balaban J connectivity index is 1.42. The highest BCUT2D eigenvalue weighted by atomic mass is 16.3. The smallest absolute Gasteiger partial charge is 0.234 e. The standard InChI is InChI=1S/C16H22N4O2/c1-19-15(4-7-18-19)13-5-8-20(9-6-13)12-16(21)17-11-14-3-2-10-22-14/h2-4,7,10,13H,5-6,8-9,11-12H2,1H3,(H,17,21). The molecule has 118 valence electrons. The highest BCUT2D eigenvalue weighted by Gasteiger charge is 2.23. The van der Waals surface area contributed by atoms with Crippen molar-refractivity contribution in [3.8, 4) is 0 Å². The van der Waals surface area contributed by atoms with E-state index in [9.17, 15) is 4.79 Å². The van der Waals surface area contributed by atoms with E-state index in [1.54, 1.807) is 6.26 Å². The number of aryl methyl sites for hydroxylation is 1. The van der Waals surface area contributed by atoms with E-state index in [2.05, 4.69) is 21.4 Å².